The first-order valence-corrected chi connectivity index (χ1v) is 1.67. The van der Waals surface area contributed by atoms with Gasteiger partial charge in [0.25, 0.3) is 0 Å². The van der Waals surface area contributed by atoms with Crippen LogP contribution in [-0.2, 0) is 0 Å². The molecule has 0 aromatic heterocycles. The van der Waals surface area contributed by atoms with E-state index in [9.17, 15) is 0 Å². The second kappa shape index (κ2) is 2.91. The van der Waals surface area contributed by atoms with Gasteiger partial charge in [0, 0.05) is 6.21 Å². The lowest BCUT2D eigenvalue weighted by molar-refractivity contribution is 1.39. The zero-order valence-electron chi connectivity index (χ0n) is 3.68. The molecular formula is C4H5N3. The van der Waals surface area contributed by atoms with Crippen molar-refractivity contribution in [2.75, 3.05) is 0 Å². The Bertz CT molecular complexity index is 128. The van der Waals surface area contributed by atoms with Crippen LogP contribution in [-0.4, -0.2) is 6.21 Å². The number of allylic oxidation sites excluding steroid dienone is 2. The van der Waals surface area contributed by atoms with Crippen LogP contribution in [0.5, 0.6) is 0 Å². The molecule has 0 saturated carbocycles. The van der Waals surface area contributed by atoms with E-state index in [1.54, 1.807) is 6.07 Å². The molecule has 0 rings (SSSR count). The molecular weight excluding hydrogens is 90.1 g/mol. The molecule has 7 heavy (non-hydrogen) atoms. The van der Waals surface area contributed by atoms with E-state index in [-0.39, 0.29) is 5.70 Å². The van der Waals surface area contributed by atoms with Crippen LogP contribution < -0.4 is 5.73 Å². The molecule has 3 heteroatoms. The highest BCUT2D eigenvalue weighted by Crippen LogP contribution is 1.71. The van der Waals surface area contributed by atoms with Crippen molar-refractivity contribution in [1.82, 2.24) is 0 Å². The van der Waals surface area contributed by atoms with Gasteiger partial charge in [-0.15, -0.1) is 0 Å². The second-order valence-electron chi connectivity index (χ2n) is 0.900. The van der Waals surface area contributed by atoms with Gasteiger partial charge in [0.05, 0.1) is 0 Å². The summed E-state index contributed by atoms with van der Waals surface area (Å²) in [6.45, 7) is 0. The van der Waals surface area contributed by atoms with E-state index in [2.05, 4.69) is 0 Å². The summed E-state index contributed by atoms with van der Waals surface area (Å²) in [5.74, 6) is 0. The van der Waals surface area contributed by atoms with Crippen molar-refractivity contribution in [3.63, 3.8) is 0 Å². The molecule has 0 aliphatic rings. The molecule has 0 bridgehead atoms. The maximum Gasteiger partial charge on any atom is 0.117 e. The standard InChI is InChI=1S/C4H5N3/c5-2-1-4(7)3-6/h1-2,5H,7H2. The van der Waals surface area contributed by atoms with Gasteiger partial charge in [0.1, 0.15) is 11.8 Å². The Balaban J connectivity index is 3.80. The fourth-order valence-electron chi connectivity index (χ4n) is 0.127. The minimum Gasteiger partial charge on any atom is -0.390 e. The van der Waals surface area contributed by atoms with Crippen molar-refractivity contribution in [1.29, 1.82) is 10.7 Å². The molecule has 0 aromatic rings. The number of hydrogen-bond acceptors (Lipinski definition) is 3. The van der Waals surface area contributed by atoms with Crippen molar-refractivity contribution < 1.29 is 0 Å². The minimum absolute atomic E-state index is 0.0648. The molecule has 0 saturated heterocycles. The fourth-order valence-corrected chi connectivity index (χ4v) is 0.127. The monoisotopic (exact) mass is 95.0 g/mol. The smallest absolute Gasteiger partial charge is 0.117 e. The first-order valence-electron chi connectivity index (χ1n) is 1.67. The van der Waals surface area contributed by atoms with Gasteiger partial charge in [-0.3, -0.25) is 0 Å². The van der Waals surface area contributed by atoms with Gasteiger partial charge < -0.3 is 11.1 Å². The molecule has 0 heterocycles. The zero-order valence-corrected chi connectivity index (χ0v) is 3.68. The largest absolute Gasteiger partial charge is 0.390 e. The molecule has 0 atom stereocenters. The van der Waals surface area contributed by atoms with Gasteiger partial charge in [0.15, 0.2) is 0 Å². The summed E-state index contributed by atoms with van der Waals surface area (Å²) in [5, 5.41) is 14.3. The maximum atomic E-state index is 7.92. The Morgan fingerprint density at radius 2 is 2.43 bits per heavy atom. The Morgan fingerprint density at radius 1 is 1.86 bits per heavy atom. The third kappa shape index (κ3) is 2.50. The van der Waals surface area contributed by atoms with Crippen molar-refractivity contribution in [3.8, 4) is 6.07 Å². The number of rotatable bonds is 1. The van der Waals surface area contributed by atoms with Crippen LogP contribution in [0.2, 0.25) is 0 Å². The van der Waals surface area contributed by atoms with E-state index in [4.69, 9.17) is 16.4 Å². The average Bonchev–Trinajstić information content (AvgIpc) is 1.68. The van der Waals surface area contributed by atoms with Gasteiger partial charge in [-0.2, -0.15) is 5.26 Å². The van der Waals surface area contributed by atoms with Gasteiger partial charge in [0.2, 0.25) is 0 Å². The van der Waals surface area contributed by atoms with Crippen LogP contribution in [0.15, 0.2) is 11.8 Å². The van der Waals surface area contributed by atoms with E-state index in [0.717, 1.165) is 6.21 Å². The Morgan fingerprint density at radius 3 is 2.57 bits per heavy atom. The molecule has 0 aliphatic heterocycles. The lowest BCUT2D eigenvalue weighted by Gasteiger charge is -1.73. The predicted molar refractivity (Wildman–Crippen MR) is 26.7 cm³/mol. The molecule has 3 N–H and O–H groups in total. The quantitative estimate of drug-likeness (QED) is 0.355. The summed E-state index contributed by atoms with van der Waals surface area (Å²) in [4.78, 5) is 0. The molecule has 0 aliphatic carbocycles. The summed E-state index contributed by atoms with van der Waals surface area (Å²) in [6, 6.07) is 1.65. The molecule has 0 unspecified atom stereocenters. The van der Waals surface area contributed by atoms with E-state index in [1.807, 2.05) is 0 Å². The highest BCUT2D eigenvalue weighted by Gasteiger charge is 1.74. The molecule has 0 aromatic carbocycles. The Hall–Kier alpha value is -1.30. The molecule has 0 amide bonds. The Kier molecular flexibility index (Phi) is 2.37. The van der Waals surface area contributed by atoms with E-state index >= 15 is 0 Å². The van der Waals surface area contributed by atoms with Crippen molar-refractivity contribution in [2.45, 2.75) is 0 Å². The fraction of sp³-hybridized carbons (Fsp3) is 0. The lowest BCUT2D eigenvalue weighted by Crippen LogP contribution is -1.91. The first kappa shape index (κ1) is 5.70. The number of nitrogens with zero attached hydrogens (tertiary/aromatic N) is 1. The molecule has 3 nitrogen and oxygen atoms in total. The summed E-state index contributed by atoms with van der Waals surface area (Å²) < 4.78 is 0. The predicted octanol–water partition coefficient (Wildman–Crippen LogP) is 0.00215. The normalized spacial score (nSPS) is 9.86. The van der Waals surface area contributed by atoms with Crippen LogP contribution in [0.1, 0.15) is 0 Å². The van der Waals surface area contributed by atoms with Gasteiger partial charge >= 0.3 is 0 Å². The number of hydrogen-bond donors (Lipinski definition) is 2. The third-order valence-electron chi connectivity index (χ3n) is 0.392. The average molecular weight is 95.1 g/mol. The maximum absolute atomic E-state index is 7.92. The Labute approximate surface area is 41.6 Å². The lowest BCUT2D eigenvalue weighted by atomic mass is 10.5. The molecule has 0 radical (unpaired) electrons. The zero-order chi connectivity index (χ0) is 5.70. The van der Waals surface area contributed by atoms with Crippen LogP contribution >= 0.6 is 0 Å². The molecule has 0 fully saturated rings. The minimum atomic E-state index is 0.0648. The van der Waals surface area contributed by atoms with Crippen molar-refractivity contribution in [2.24, 2.45) is 5.73 Å². The van der Waals surface area contributed by atoms with Crippen LogP contribution in [0.25, 0.3) is 0 Å². The SMILES string of the molecule is N#CC(N)=CC=N. The number of nitriles is 1. The highest BCUT2D eigenvalue weighted by molar-refractivity contribution is 5.69. The molecule has 36 valence electrons. The summed E-state index contributed by atoms with van der Waals surface area (Å²) >= 11 is 0. The number of nitrogens with two attached hydrogens (primary N) is 1. The van der Waals surface area contributed by atoms with Crippen molar-refractivity contribution in [3.05, 3.63) is 11.8 Å². The van der Waals surface area contributed by atoms with E-state index < -0.39 is 0 Å². The molecule has 0 spiro atoms. The highest BCUT2D eigenvalue weighted by atomic mass is 14.6. The van der Waals surface area contributed by atoms with Crippen LogP contribution in [0.3, 0.4) is 0 Å². The van der Waals surface area contributed by atoms with Crippen LogP contribution in [0, 0.1) is 16.7 Å². The van der Waals surface area contributed by atoms with E-state index in [1.165, 1.54) is 6.08 Å². The first-order chi connectivity index (χ1) is 3.31. The van der Waals surface area contributed by atoms with E-state index in [0.29, 0.717) is 0 Å². The summed E-state index contributed by atoms with van der Waals surface area (Å²) in [6.07, 6.45) is 2.19. The van der Waals surface area contributed by atoms with Crippen molar-refractivity contribution >= 4 is 6.21 Å². The van der Waals surface area contributed by atoms with Gasteiger partial charge in [-0.1, -0.05) is 0 Å². The topological polar surface area (TPSA) is 73.7 Å². The second-order valence-corrected chi connectivity index (χ2v) is 0.900. The van der Waals surface area contributed by atoms with Crippen LogP contribution in [0.4, 0.5) is 0 Å². The summed E-state index contributed by atoms with van der Waals surface area (Å²) in [7, 11) is 0. The van der Waals surface area contributed by atoms with Gasteiger partial charge in [-0.25, -0.2) is 0 Å². The number of nitrogens with one attached hydrogen (secondary N) is 1. The third-order valence-corrected chi connectivity index (χ3v) is 0.392. The van der Waals surface area contributed by atoms with Gasteiger partial charge in [-0.05, 0) is 6.08 Å². The summed E-state index contributed by atoms with van der Waals surface area (Å²) in [5.41, 5.74) is 5.00.